The molecular weight excluding hydrogens is 252 g/mol. The summed E-state index contributed by atoms with van der Waals surface area (Å²) in [6, 6.07) is 9.07. The van der Waals surface area contributed by atoms with Crippen LogP contribution >= 0.6 is 0 Å². The third-order valence-electron chi connectivity index (χ3n) is 2.79. The first-order valence-corrected chi connectivity index (χ1v) is 6.26. The Balaban J connectivity index is 2.12. The van der Waals surface area contributed by atoms with Crippen LogP contribution in [0, 0.1) is 11.8 Å². The number of furan rings is 1. The molecule has 1 aromatic carbocycles. The van der Waals surface area contributed by atoms with Crippen molar-refractivity contribution in [1.29, 1.82) is 0 Å². The molecule has 2 rings (SSSR count). The third-order valence-corrected chi connectivity index (χ3v) is 2.79. The van der Waals surface area contributed by atoms with Gasteiger partial charge in [-0.2, -0.15) is 0 Å². The van der Waals surface area contributed by atoms with Crippen molar-refractivity contribution < 1.29 is 9.21 Å². The van der Waals surface area contributed by atoms with E-state index in [9.17, 15) is 4.79 Å². The fraction of sp³-hybridized carbons (Fsp3) is 0.188. The van der Waals surface area contributed by atoms with Crippen LogP contribution in [0.4, 0.5) is 0 Å². The Morgan fingerprint density at radius 3 is 2.95 bits per heavy atom. The molecule has 0 aliphatic heterocycles. The van der Waals surface area contributed by atoms with Gasteiger partial charge in [0.2, 0.25) is 0 Å². The van der Waals surface area contributed by atoms with Gasteiger partial charge in [-0.1, -0.05) is 17.9 Å². The molecule has 4 heteroatoms. The van der Waals surface area contributed by atoms with Crippen molar-refractivity contribution in [3.8, 4) is 11.8 Å². The Morgan fingerprint density at radius 1 is 1.40 bits per heavy atom. The summed E-state index contributed by atoms with van der Waals surface area (Å²) in [5, 5.41) is 0. The van der Waals surface area contributed by atoms with Crippen LogP contribution in [0.1, 0.15) is 21.5 Å². The van der Waals surface area contributed by atoms with Crippen LogP contribution in [0.5, 0.6) is 0 Å². The summed E-state index contributed by atoms with van der Waals surface area (Å²) in [5.74, 6) is 5.65. The molecule has 2 aromatic rings. The van der Waals surface area contributed by atoms with Crippen LogP contribution in [-0.2, 0) is 6.54 Å². The number of benzene rings is 1. The van der Waals surface area contributed by atoms with E-state index in [0.29, 0.717) is 18.7 Å². The van der Waals surface area contributed by atoms with Crippen LogP contribution in [-0.4, -0.2) is 24.4 Å². The average molecular weight is 268 g/mol. The Hall–Kier alpha value is -2.51. The van der Waals surface area contributed by atoms with Crippen molar-refractivity contribution in [3.63, 3.8) is 0 Å². The van der Waals surface area contributed by atoms with Gasteiger partial charge in [0, 0.05) is 30.3 Å². The van der Waals surface area contributed by atoms with Gasteiger partial charge in [-0.3, -0.25) is 4.79 Å². The number of carbonyl (C=O) groups is 1. The van der Waals surface area contributed by atoms with E-state index in [2.05, 4.69) is 11.8 Å². The zero-order valence-corrected chi connectivity index (χ0v) is 11.3. The summed E-state index contributed by atoms with van der Waals surface area (Å²) in [6.45, 7) is 0.812. The van der Waals surface area contributed by atoms with Crippen molar-refractivity contribution in [2.24, 2.45) is 5.73 Å². The summed E-state index contributed by atoms with van der Waals surface area (Å²) < 4.78 is 5.00. The molecule has 0 radical (unpaired) electrons. The highest BCUT2D eigenvalue weighted by Gasteiger charge is 2.12. The van der Waals surface area contributed by atoms with Crippen molar-refractivity contribution in [1.82, 2.24) is 4.90 Å². The molecule has 1 amide bonds. The van der Waals surface area contributed by atoms with Crippen LogP contribution in [0.15, 0.2) is 47.3 Å². The van der Waals surface area contributed by atoms with E-state index in [0.717, 1.165) is 11.1 Å². The maximum Gasteiger partial charge on any atom is 0.253 e. The summed E-state index contributed by atoms with van der Waals surface area (Å²) >= 11 is 0. The van der Waals surface area contributed by atoms with Crippen molar-refractivity contribution >= 4 is 5.91 Å². The maximum atomic E-state index is 12.3. The van der Waals surface area contributed by atoms with E-state index in [1.54, 1.807) is 36.6 Å². The fourth-order valence-electron chi connectivity index (χ4n) is 1.83. The average Bonchev–Trinajstić information content (AvgIpc) is 2.97. The highest BCUT2D eigenvalue weighted by atomic mass is 16.3. The number of carbonyl (C=O) groups excluding carboxylic acids is 1. The van der Waals surface area contributed by atoms with Crippen LogP contribution in [0.3, 0.4) is 0 Å². The molecule has 4 nitrogen and oxygen atoms in total. The number of nitrogens with two attached hydrogens (primary N) is 1. The number of amides is 1. The third kappa shape index (κ3) is 3.50. The van der Waals surface area contributed by atoms with Gasteiger partial charge in [0.05, 0.1) is 19.1 Å². The quantitative estimate of drug-likeness (QED) is 0.864. The summed E-state index contributed by atoms with van der Waals surface area (Å²) in [7, 11) is 1.76. The van der Waals surface area contributed by atoms with E-state index >= 15 is 0 Å². The zero-order valence-electron chi connectivity index (χ0n) is 11.3. The molecule has 0 saturated heterocycles. The molecule has 0 spiro atoms. The molecule has 0 fully saturated rings. The monoisotopic (exact) mass is 268 g/mol. The van der Waals surface area contributed by atoms with Crippen molar-refractivity contribution in [3.05, 3.63) is 59.5 Å². The summed E-state index contributed by atoms with van der Waals surface area (Å²) in [4.78, 5) is 14.0. The number of nitrogens with zero attached hydrogens (tertiary/aromatic N) is 1. The van der Waals surface area contributed by atoms with Crippen LogP contribution in [0.2, 0.25) is 0 Å². The van der Waals surface area contributed by atoms with E-state index in [1.165, 1.54) is 0 Å². The van der Waals surface area contributed by atoms with Crippen molar-refractivity contribution in [2.45, 2.75) is 6.54 Å². The second-order valence-corrected chi connectivity index (χ2v) is 4.38. The zero-order chi connectivity index (χ0) is 14.4. The first kappa shape index (κ1) is 13.9. The lowest BCUT2D eigenvalue weighted by molar-refractivity contribution is 0.0785. The molecule has 20 heavy (non-hydrogen) atoms. The van der Waals surface area contributed by atoms with Crippen LogP contribution in [0.25, 0.3) is 0 Å². The lowest BCUT2D eigenvalue weighted by Crippen LogP contribution is -2.26. The standard InChI is InChI=1S/C16H16N2O2/c1-18(11-14-7-9-20-12-14)16(19)15-6-2-4-13(10-15)5-3-8-17/h2,4,6-7,9-10,12H,8,11,17H2,1H3. The van der Waals surface area contributed by atoms with Crippen LogP contribution < -0.4 is 5.73 Å². The Labute approximate surface area is 118 Å². The van der Waals surface area contributed by atoms with Gasteiger partial charge >= 0.3 is 0 Å². The number of hydrogen-bond donors (Lipinski definition) is 1. The van der Waals surface area contributed by atoms with Gasteiger partial charge in [-0.15, -0.1) is 0 Å². The first-order chi connectivity index (χ1) is 9.70. The topological polar surface area (TPSA) is 59.5 Å². The molecule has 0 bridgehead atoms. The smallest absolute Gasteiger partial charge is 0.253 e. The minimum atomic E-state index is -0.0531. The minimum Gasteiger partial charge on any atom is -0.472 e. The Kier molecular flexibility index (Phi) is 4.59. The van der Waals surface area contributed by atoms with Gasteiger partial charge < -0.3 is 15.1 Å². The van der Waals surface area contributed by atoms with E-state index < -0.39 is 0 Å². The predicted molar refractivity (Wildman–Crippen MR) is 76.9 cm³/mol. The van der Waals surface area contributed by atoms with Gasteiger partial charge in [-0.05, 0) is 24.3 Å². The van der Waals surface area contributed by atoms with E-state index in [1.807, 2.05) is 18.2 Å². The minimum absolute atomic E-state index is 0.0531. The highest BCUT2D eigenvalue weighted by Crippen LogP contribution is 2.10. The van der Waals surface area contributed by atoms with Gasteiger partial charge in [-0.25, -0.2) is 0 Å². The van der Waals surface area contributed by atoms with Gasteiger partial charge in [0.25, 0.3) is 5.91 Å². The molecular formula is C16H16N2O2. The molecule has 0 aliphatic rings. The maximum absolute atomic E-state index is 12.3. The number of rotatable bonds is 3. The van der Waals surface area contributed by atoms with E-state index in [4.69, 9.17) is 10.2 Å². The first-order valence-electron chi connectivity index (χ1n) is 6.26. The Morgan fingerprint density at radius 2 is 2.25 bits per heavy atom. The fourth-order valence-corrected chi connectivity index (χ4v) is 1.83. The van der Waals surface area contributed by atoms with E-state index in [-0.39, 0.29) is 5.91 Å². The summed E-state index contributed by atoms with van der Waals surface area (Å²) in [5.41, 5.74) is 7.70. The Bertz CT molecular complexity index is 636. The molecule has 1 aromatic heterocycles. The molecule has 0 saturated carbocycles. The second kappa shape index (κ2) is 6.60. The molecule has 0 unspecified atom stereocenters. The largest absolute Gasteiger partial charge is 0.472 e. The molecule has 2 N–H and O–H groups in total. The summed E-state index contributed by atoms with van der Waals surface area (Å²) in [6.07, 6.45) is 3.23. The second-order valence-electron chi connectivity index (χ2n) is 4.38. The normalized spacial score (nSPS) is 9.70. The SMILES string of the molecule is CN(Cc1ccoc1)C(=O)c1cccc(C#CCN)c1. The highest BCUT2D eigenvalue weighted by molar-refractivity contribution is 5.94. The predicted octanol–water partition coefficient (Wildman–Crippen LogP) is 1.86. The lowest BCUT2D eigenvalue weighted by atomic mass is 10.1. The molecule has 102 valence electrons. The molecule has 1 heterocycles. The van der Waals surface area contributed by atoms with Gasteiger partial charge in [0.15, 0.2) is 0 Å². The number of hydrogen-bond acceptors (Lipinski definition) is 3. The van der Waals surface area contributed by atoms with Crippen molar-refractivity contribution in [2.75, 3.05) is 13.6 Å². The van der Waals surface area contributed by atoms with Gasteiger partial charge in [0.1, 0.15) is 0 Å². The molecule has 0 aliphatic carbocycles. The molecule has 0 atom stereocenters. The lowest BCUT2D eigenvalue weighted by Gasteiger charge is -2.16.